The van der Waals surface area contributed by atoms with Gasteiger partial charge in [-0.25, -0.2) is 4.79 Å². The van der Waals surface area contributed by atoms with Crippen molar-refractivity contribution in [3.05, 3.63) is 106 Å². The average Bonchev–Trinajstić information content (AvgIpc) is 2.79. The van der Waals surface area contributed by atoms with Crippen LogP contribution >= 0.6 is 23.2 Å². The number of hydrogen-bond acceptors (Lipinski definition) is 3. The second-order valence-electron chi connectivity index (χ2n) is 7.00. The van der Waals surface area contributed by atoms with Crippen LogP contribution in [0.1, 0.15) is 16.7 Å². The van der Waals surface area contributed by atoms with Gasteiger partial charge in [-0.15, -0.1) is 0 Å². The first-order valence-electron chi connectivity index (χ1n) is 9.83. The van der Waals surface area contributed by atoms with Gasteiger partial charge in [0.1, 0.15) is 18.4 Å². The first-order valence-corrected chi connectivity index (χ1v) is 10.6. The van der Waals surface area contributed by atoms with Gasteiger partial charge in [-0.1, -0.05) is 77.8 Å². The SMILES string of the molecule is O=C(C=Cc1cccc(Cl)c1Cl)NC(Cc1ccc(OCc2ccccc2)cc1)C(=O)O. The van der Waals surface area contributed by atoms with Gasteiger partial charge in [0.25, 0.3) is 0 Å². The lowest BCUT2D eigenvalue weighted by Gasteiger charge is -2.14. The molecular weight excluding hydrogens is 449 g/mol. The van der Waals surface area contributed by atoms with Crippen molar-refractivity contribution < 1.29 is 19.4 Å². The minimum Gasteiger partial charge on any atom is -0.489 e. The van der Waals surface area contributed by atoms with Gasteiger partial charge in [-0.3, -0.25) is 4.79 Å². The highest BCUT2D eigenvalue weighted by Crippen LogP contribution is 2.26. The molecule has 5 nitrogen and oxygen atoms in total. The number of ether oxygens (including phenoxy) is 1. The number of carbonyl (C=O) groups is 2. The van der Waals surface area contributed by atoms with E-state index in [1.54, 1.807) is 42.5 Å². The number of carboxylic acid groups (broad SMARTS) is 1. The van der Waals surface area contributed by atoms with Gasteiger partial charge >= 0.3 is 5.97 Å². The summed E-state index contributed by atoms with van der Waals surface area (Å²) in [5.74, 6) is -0.997. The summed E-state index contributed by atoms with van der Waals surface area (Å²) in [6.07, 6.45) is 2.85. The molecule has 0 aliphatic carbocycles. The summed E-state index contributed by atoms with van der Waals surface area (Å²) in [4.78, 5) is 23.9. The predicted octanol–water partition coefficient (Wildman–Crippen LogP) is 5.40. The summed E-state index contributed by atoms with van der Waals surface area (Å²) in [5.41, 5.74) is 2.37. The molecule has 0 bridgehead atoms. The van der Waals surface area contributed by atoms with Crippen molar-refractivity contribution in [2.75, 3.05) is 0 Å². The number of halogens is 2. The molecule has 1 atom stereocenters. The lowest BCUT2D eigenvalue weighted by atomic mass is 10.1. The summed E-state index contributed by atoms with van der Waals surface area (Å²) in [5, 5.41) is 12.7. The van der Waals surface area contributed by atoms with Crippen LogP contribution in [0.15, 0.2) is 78.9 Å². The fraction of sp³-hybridized carbons (Fsp3) is 0.120. The third kappa shape index (κ3) is 6.87. The number of hydrogen-bond donors (Lipinski definition) is 2. The molecule has 0 aliphatic heterocycles. The molecule has 3 aromatic rings. The van der Waals surface area contributed by atoms with E-state index in [2.05, 4.69) is 5.32 Å². The molecule has 7 heteroatoms. The zero-order chi connectivity index (χ0) is 22.9. The highest BCUT2D eigenvalue weighted by Gasteiger charge is 2.19. The van der Waals surface area contributed by atoms with Crippen molar-refractivity contribution in [3.8, 4) is 5.75 Å². The van der Waals surface area contributed by atoms with Crippen LogP contribution in [0.3, 0.4) is 0 Å². The van der Waals surface area contributed by atoms with Crippen LogP contribution in [-0.2, 0) is 22.6 Å². The van der Waals surface area contributed by atoms with E-state index in [0.717, 1.165) is 11.1 Å². The van der Waals surface area contributed by atoms with Crippen molar-refractivity contribution in [3.63, 3.8) is 0 Å². The Kier molecular flexibility index (Phi) is 8.31. The number of rotatable bonds is 9. The Labute approximate surface area is 196 Å². The van der Waals surface area contributed by atoms with E-state index in [0.29, 0.717) is 28.0 Å². The van der Waals surface area contributed by atoms with E-state index < -0.39 is 17.9 Å². The van der Waals surface area contributed by atoms with Gasteiger partial charge in [-0.05, 0) is 41.0 Å². The Morgan fingerprint density at radius 3 is 2.34 bits per heavy atom. The molecule has 0 spiro atoms. The molecule has 0 saturated carbocycles. The second-order valence-corrected chi connectivity index (χ2v) is 7.78. The normalized spacial score (nSPS) is 11.8. The molecule has 1 unspecified atom stereocenters. The number of nitrogens with one attached hydrogen (secondary N) is 1. The molecule has 1 amide bonds. The topological polar surface area (TPSA) is 75.6 Å². The highest BCUT2D eigenvalue weighted by atomic mass is 35.5. The van der Waals surface area contributed by atoms with E-state index in [1.807, 2.05) is 30.3 Å². The largest absolute Gasteiger partial charge is 0.489 e. The Hall–Kier alpha value is -3.28. The third-order valence-corrected chi connectivity index (χ3v) is 5.46. The molecule has 0 aromatic heterocycles. The molecule has 2 N–H and O–H groups in total. The molecule has 0 heterocycles. The monoisotopic (exact) mass is 469 g/mol. The molecule has 32 heavy (non-hydrogen) atoms. The Morgan fingerprint density at radius 2 is 1.66 bits per heavy atom. The number of carboxylic acids is 1. The summed E-state index contributed by atoms with van der Waals surface area (Å²) in [6.45, 7) is 0.441. The van der Waals surface area contributed by atoms with Gasteiger partial charge in [0.2, 0.25) is 5.91 Å². The van der Waals surface area contributed by atoms with Crippen molar-refractivity contribution in [2.24, 2.45) is 0 Å². The van der Waals surface area contributed by atoms with Gasteiger partial charge < -0.3 is 15.2 Å². The van der Waals surface area contributed by atoms with Crippen molar-refractivity contribution >= 4 is 41.2 Å². The molecule has 0 aliphatic rings. The molecule has 0 radical (unpaired) electrons. The summed E-state index contributed by atoms with van der Waals surface area (Å²) in [6, 6.07) is 20.9. The van der Waals surface area contributed by atoms with Crippen LogP contribution in [0.25, 0.3) is 6.08 Å². The third-order valence-electron chi connectivity index (χ3n) is 4.62. The van der Waals surface area contributed by atoms with Crippen molar-refractivity contribution in [1.29, 1.82) is 0 Å². The van der Waals surface area contributed by atoms with Gasteiger partial charge in [-0.2, -0.15) is 0 Å². The van der Waals surface area contributed by atoms with E-state index in [4.69, 9.17) is 27.9 Å². The molecule has 3 rings (SSSR count). The molecule has 3 aromatic carbocycles. The quantitative estimate of drug-likeness (QED) is 0.411. The van der Waals surface area contributed by atoms with Gasteiger partial charge in [0.05, 0.1) is 10.0 Å². The Morgan fingerprint density at radius 1 is 0.938 bits per heavy atom. The molecule has 164 valence electrons. The number of amides is 1. The Bertz CT molecular complexity index is 1100. The van der Waals surface area contributed by atoms with E-state index >= 15 is 0 Å². The first kappa shape index (κ1) is 23.4. The molecule has 0 fully saturated rings. The summed E-state index contributed by atoms with van der Waals surface area (Å²) >= 11 is 12.0. The zero-order valence-corrected chi connectivity index (χ0v) is 18.5. The number of benzene rings is 3. The van der Waals surface area contributed by atoms with Crippen LogP contribution in [-0.4, -0.2) is 23.0 Å². The zero-order valence-electron chi connectivity index (χ0n) is 17.0. The minimum absolute atomic E-state index is 0.131. The van der Waals surface area contributed by atoms with Crippen molar-refractivity contribution in [2.45, 2.75) is 19.1 Å². The van der Waals surface area contributed by atoms with Crippen LogP contribution < -0.4 is 10.1 Å². The minimum atomic E-state index is -1.13. The fourth-order valence-electron chi connectivity index (χ4n) is 2.93. The summed E-state index contributed by atoms with van der Waals surface area (Å²) < 4.78 is 5.74. The second kappa shape index (κ2) is 11.4. The lowest BCUT2D eigenvalue weighted by molar-refractivity contribution is -0.141. The van der Waals surface area contributed by atoms with E-state index in [1.165, 1.54) is 12.2 Å². The molecule has 0 saturated heterocycles. The smallest absolute Gasteiger partial charge is 0.326 e. The van der Waals surface area contributed by atoms with Crippen molar-refractivity contribution in [1.82, 2.24) is 5.32 Å². The number of carbonyl (C=O) groups excluding carboxylic acids is 1. The van der Waals surface area contributed by atoms with Gasteiger partial charge in [0, 0.05) is 12.5 Å². The van der Waals surface area contributed by atoms with Gasteiger partial charge in [0.15, 0.2) is 0 Å². The van der Waals surface area contributed by atoms with E-state index in [-0.39, 0.29) is 6.42 Å². The van der Waals surface area contributed by atoms with Crippen LogP contribution in [0.2, 0.25) is 10.0 Å². The van der Waals surface area contributed by atoms with Crippen LogP contribution in [0.5, 0.6) is 5.75 Å². The Balaban J connectivity index is 1.57. The maximum atomic E-state index is 12.2. The number of aliphatic carboxylic acids is 1. The predicted molar refractivity (Wildman–Crippen MR) is 126 cm³/mol. The van der Waals surface area contributed by atoms with Crippen LogP contribution in [0, 0.1) is 0 Å². The first-order chi connectivity index (χ1) is 15.4. The highest BCUT2D eigenvalue weighted by molar-refractivity contribution is 6.42. The van der Waals surface area contributed by atoms with Crippen LogP contribution in [0.4, 0.5) is 0 Å². The lowest BCUT2D eigenvalue weighted by Crippen LogP contribution is -2.41. The summed E-state index contributed by atoms with van der Waals surface area (Å²) in [7, 11) is 0. The average molecular weight is 470 g/mol. The maximum Gasteiger partial charge on any atom is 0.326 e. The molecular formula is C25H21Cl2NO4. The maximum absolute atomic E-state index is 12.2. The standard InChI is InChI=1S/C25H21Cl2NO4/c26-21-8-4-7-19(24(21)27)11-14-23(29)28-22(25(30)31)15-17-9-12-20(13-10-17)32-16-18-5-2-1-3-6-18/h1-14,22H,15-16H2,(H,28,29)(H,30,31). The fourth-order valence-corrected chi connectivity index (χ4v) is 3.30. The van der Waals surface area contributed by atoms with E-state index in [9.17, 15) is 14.7 Å².